The largest absolute Gasteiger partial charge is 0.356 e. The van der Waals surface area contributed by atoms with Crippen molar-refractivity contribution in [1.29, 1.82) is 0 Å². The maximum atomic E-state index is 11.9. The number of halogens is 3. The van der Waals surface area contributed by atoms with Crippen molar-refractivity contribution in [1.82, 2.24) is 30.2 Å². The topological polar surface area (TPSA) is 128 Å². The number of pyridine rings is 1. The molecule has 9 nitrogen and oxygen atoms in total. The highest BCUT2D eigenvalue weighted by molar-refractivity contribution is 6.31. The lowest BCUT2D eigenvalue weighted by Gasteiger charge is -2.09. The molecule has 0 saturated carbocycles. The van der Waals surface area contributed by atoms with Crippen LogP contribution in [0.3, 0.4) is 0 Å². The number of hydrogen-bond acceptors (Lipinski definition) is 8. The molecule has 1 amide bonds. The molecule has 0 fully saturated rings. The van der Waals surface area contributed by atoms with Gasteiger partial charge in [-0.05, 0) is 146 Å². The van der Waals surface area contributed by atoms with Crippen molar-refractivity contribution in [2.24, 2.45) is 0 Å². The van der Waals surface area contributed by atoms with Crippen molar-refractivity contribution in [3.63, 3.8) is 0 Å². The Balaban J connectivity index is 0.000000174. The van der Waals surface area contributed by atoms with E-state index in [1.807, 2.05) is 123 Å². The van der Waals surface area contributed by atoms with Gasteiger partial charge < -0.3 is 5.32 Å². The third kappa shape index (κ3) is 19.3. The van der Waals surface area contributed by atoms with E-state index in [4.69, 9.17) is 44.8 Å². The monoisotopic (exact) mass is 1120 g/mol. The lowest BCUT2D eigenvalue weighted by Crippen LogP contribution is -2.25. The average molecular weight is 1120 g/mol. The summed E-state index contributed by atoms with van der Waals surface area (Å²) in [5.41, 5.74) is 16.6. The van der Waals surface area contributed by atoms with Crippen LogP contribution < -0.4 is 5.32 Å². The van der Waals surface area contributed by atoms with E-state index < -0.39 is 0 Å². The Morgan fingerprint density at radius 1 is 0.412 bits per heavy atom. The average Bonchev–Trinajstić information content (AvgIpc) is 3.45. The molecule has 0 radical (unpaired) electrons. The number of nitrogens with one attached hydrogen (secondary N) is 1. The number of aryl methyl sites for hydroxylation is 3. The second-order valence-corrected chi connectivity index (χ2v) is 21.2. The van der Waals surface area contributed by atoms with Crippen LogP contribution in [0.2, 0.25) is 15.1 Å². The molecule has 9 aromatic rings. The van der Waals surface area contributed by atoms with Crippen molar-refractivity contribution in [2.45, 2.75) is 99.3 Å². The van der Waals surface area contributed by atoms with Crippen LogP contribution in [0, 0.1) is 6.92 Å². The number of nitrogens with zero attached hydrogens (tertiary/aromatic N) is 5. The lowest BCUT2D eigenvalue weighted by molar-refractivity contribution is -0.120. The van der Waals surface area contributed by atoms with E-state index in [9.17, 15) is 14.4 Å². The normalized spacial score (nSPS) is 10.7. The minimum atomic E-state index is 0.0640. The molecule has 6 aromatic carbocycles. The highest BCUT2D eigenvalue weighted by Crippen LogP contribution is 2.26. The Hall–Kier alpha value is -7.69. The van der Waals surface area contributed by atoms with E-state index in [2.05, 4.69) is 94.8 Å². The number of amides is 1. The van der Waals surface area contributed by atoms with Gasteiger partial charge in [0.25, 0.3) is 0 Å². The molecular formula is C68H67Cl3N6O3. The predicted molar refractivity (Wildman–Crippen MR) is 327 cm³/mol. The Bertz CT molecular complexity index is 3530. The molecule has 0 bridgehead atoms. The van der Waals surface area contributed by atoms with Gasteiger partial charge >= 0.3 is 0 Å². The van der Waals surface area contributed by atoms with E-state index in [1.54, 1.807) is 13.8 Å². The van der Waals surface area contributed by atoms with Crippen LogP contribution in [0.5, 0.6) is 0 Å². The number of carbonyl (C=O) groups excluding carboxylic acids is 3. The third-order valence-corrected chi connectivity index (χ3v) is 13.5. The Morgan fingerprint density at radius 2 is 0.800 bits per heavy atom. The smallest absolute Gasteiger partial charge is 0.224 e. The molecule has 3 aromatic heterocycles. The fourth-order valence-electron chi connectivity index (χ4n) is 8.87. The second-order valence-electron chi connectivity index (χ2n) is 19.9. The van der Waals surface area contributed by atoms with Gasteiger partial charge in [0, 0.05) is 92.5 Å². The Kier molecular flexibility index (Phi) is 22.5. The number of rotatable bonds is 19. The highest BCUT2D eigenvalue weighted by atomic mass is 35.5. The molecule has 0 aliphatic heterocycles. The molecule has 0 spiro atoms. The second kappa shape index (κ2) is 30.1. The summed E-state index contributed by atoms with van der Waals surface area (Å²) < 4.78 is 0. The summed E-state index contributed by atoms with van der Waals surface area (Å²) >= 11 is 18.3. The zero-order valence-corrected chi connectivity index (χ0v) is 48.6. The van der Waals surface area contributed by atoms with E-state index in [0.717, 1.165) is 117 Å². The van der Waals surface area contributed by atoms with Gasteiger partial charge in [-0.25, -0.2) is 19.9 Å². The summed E-state index contributed by atoms with van der Waals surface area (Å²) in [6.07, 6.45) is 6.29. The van der Waals surface area contributed by atoms with Gasteiger partial charge in [0.2, 0.25) is 5.91 Å². The lowest BCUT2D eigenvalue weighted by atomic mass is 10.0. The number of aromatic nitrogens is 5. The number of carbonyl (C=O) groups is 3. The van der Waals surface area contributed by atoms with Gasteiger partial charge in [-0.2, -0.15) is 0 Å². The van der Waals surface area contributed by atoms with Crippen molar-refractivity contribution in [2.75, 3.05) is 6.54 Å². The van der Waals surface area contributed by atoms with Gasteiger partial charge in [0.05, 0.1) is 12.1 Å². The summed E-state index contributed by atoms with van der Waals surface area (Å²) in [7, 11) is 0. The molecule has 408 valence electrons. The maximum Gasteiger partial charge on any atom is 0.224 e. The van der Waals surface area contributed by atoms with Crippen molar-refractivity contribution in [3.05, 3.63) is 252 Å². The van der Waals surface area contributed by atoms with E-state index in [-0.39, 0.29) is 17.5 Å². The number of benzene rings is 6. The van der Waals surface area contributed by atoms with Crippen LogP contribution in [0.1, 0.15) is 108 Å². The van der Waals surface area contributed by atoms with E-state index in [0.29, 0.717) is 52.4 Å². The first-order chi connectivity index (χ1) is 38.6. The zero-order chi connectivity index (χ0) is 57.0. The summed E-state index contributed by atoms with van der Waals surface area (Å²) in [4.78, 5) is 57.7. The fourth-order valence-corrected chi connectivity index (χ4v) is 9.44. The highest BCUT2D eigenvalue weighted by Gasteiger charge is 2.12. The maximum absolute atomic E-state index is 11.9. The molecule has 0 aliphatic carbocycles. The third-order valence-electron chi connectivity index (χ3n) is 12.8. The standard InChI is InChI=1S/C24H26ClN3O.C22H21ClN2O.C22H20ClNO/c1-3-12-26-23(29)14-18-10-8-17(9-11-18)13-22-16-21(4-2)27-24(28-22)19-6-5-7-20(25)15-19;1-3-20-14-21(12-17-9-7-16(8-10-17)11-15(2)26)25-22(24-20)18-5-4-6-19(23)13-18;1-15-10-19(12-18-8-6-17(7-9-18)11-16(2)25)13-22(24-15)20-4-3-5-21(23)14-20/h5-11,15-16H,3-4,12-14H2,1-2H3,(H,26,29);4-10,13-14H,3,11-12H2,1-2H3;3-10,13-14H,11-12H2,1-2H3. The van der Waals surface area contributed by atoms with Crippen LogP contribution in [0.4, 0.5) is 0 Å². The Morgan fingerprint density at radius 3 is 1.21 bits per heavy atom. The summed E-state index contributed by atoms with van der Waals surface area (Å²) in [5, 5.41) is 4.97. The van der Waals surface area contributed by atoms with Gasteiger partial charge in [-0.3, -0.25) is 19.4 Å². The van der Waals surface area contributed by atoms with Crippen LogP contribution in [0.25, 0.3) is 34.0 Å². The molecular weight excluding hydrogens is 1060 g/mol. The zero-order valence-electron chi connectivity index (χ0n) is 46.3. The molecule has 9 rings (SSSR count). The van der Waals surface area contributed by atoms with Crippen molar-refractivity contribution < 1.29 is 14.4 Å². The molecule has 1 N–H and O–H groups in total. The molecule has 12 heteroatoms. The molecule has 80 heavy (non-hydrogen) atoms. The minimum Gasteiger partial charge on any atom is -0.356 e. The molecule has 0 saturated heterocycles. The van der Waals surface area contributed by atoms with Gasteiger partial charge in [-0.15, -0.1) is 0 Å². The first kappa shape index (κ1) is 60.0. The van der Waals surface area contributed by atoms with Gasteiger partial charge in [-0.1, -0.05) is 165 Å². The molecule has 0 aliphatic rings. The van der Waals surface area contributed by atoms with E-state index in [1.165, 1.54) is 11.1 Å². The molecule has 3 heterocycles. The number of hydrogen-bond donors (Lipinski definition) is 1. The summed E-state index contributed by atoms with van der Waals surface area (Å²) in [6, 6.07) is 55.9. The van der Waals surface area contributed by atoms with Gasteiger partial charge in [0.1, 0.15) is 11.6 Å². The molecule has 0 unspecified atom stereocenters. The number of ketones is 2. The predicted octanol–water partition coefficient (Wildman–Crippen LogP) is 15.5. The van der Waals surface area contributed by atoms with Crippen LogP contribution in [0.15, 0.2) is 170 Å². The number of Topliss-reactive ketones (excluding diaryl/α,β-unsaturated/α-hetero) is 2. The minimum absolute atomic E-state index is 0.0640. The first-order valence-electron chi connectivity index (χ1n) is 27.1. The summed E-state index contributed by atoms with van der Waals surface area (Å²) in [6.45, 7) is 12.2. The first-order valence-corrected chi connectivity index (χ1v) is 28.2. The SMILES string of the molecule is CC(=O)Cc1ccc(Cc2cc(C)nc(-c3cccc(Cl)c3)c2)cc1.CCCNC(=O)Cc1ccc(Cc2cc(CC)nc(-c3cccc(Cl)c3)n2)cc1.CCc1cc(Cc2ccc(CC(C)=O)cc2)nc(-c2cccc(Cl)c2)n1. The Labute approximate surface area is 486 Å². The summed E-state index contributed by atoms with van der Waals surface area (Å²) in [5.74, 6) is 1.83. The van der Waals surface area contributed by atoms with Crippen LogP contribution >= 0.6 is 34.8 Å². The molecule has 0 atom stereocenters. The van der Waals surface area contributed by atoms with E-state index >= 15 is 0 Å². The van der Waals surface area contributed by atoms with Crippen molar-refractivity contribution >= 4 is 52.3 Å². The van der Waals surface area contributed by atoms with Crippen LogP contribution in [-0.2, 0) is 65.8 Å². The van der Waals surface area contributed by atoms with Crippen LogP contribution in [-0.4, -0.2) is 48.9 Å². The van der Waals surface area contributed by atoms with Gasteiger partial charge in [0.15, 0.2) is 11.6 Å². The fraction of sp³-hybridized carbons (Fsp3) is 0.235. The van der Waals surface area contributed by atoms with Crippen molar-refractivity contribution in [3.8, 4) is 34.0 Å². The quantitative estimate of drug-likeness (QED) is 0.0848.